The SMILES string of the molecule is CC[C@H]1/C(=N/O)C[C@@H](c2ccc([N+](=O)[O-])cc2)[NH2+][C@@H]1c1ccc([N+](=O)[O-])cc1. The standard InChI is InChI=1S/C19H20N4O5/c1-2-16-18(21-24)11-17(12-3-7-14(8-4-12)22(25)26)20-19(16)13-5-9-15(10-6-13)23(27)28/h3-10,16-17,19-20,24H,2,11H2,1H3/p+1/b21-18+/t16-,17-,19+/m0/s1. The van der Waals surface area contributed by atoms with E-state index in [1.807, 2.05) is 6.92 Å². The maximum Gasteiger partial charge on any atom is 0.269 e. The molecule has 28 heavy (non-hydrogen) atoms. The van der Waals surface area contributed by atoms with E-state index in [-0.39, 0.29) is 29.4 Å². The van der Waals surface area contributed by atoms with Crippen LogP contribution in [0.15, 0.2) is 53.7 Å². The molecule has 1 saturated heterocycles. The van der Waals surface area contributed by atoms with Crippen molar-refractivity contribution in [3.8, 4) is 0 Å². The summed E-state index contributed by atoms with van der Waals surface area (Å²) >= 11 is 0. The first-order chi connectivity index (χ1) is 13.4. The highest BCUT2D eigenvalue weighted by molar-refractivity contribution is 5.88. The van der Waals surface area contributed by atoms with Gasteiger partial charge in [-0.3, -0.25) is 20.2 Å². The number of nitrogens with zero attached hydrogens (tertiary/aromatic N) is 3. The molecule has 1 fully saturated rings. The first kappa shape index (κ1) is 19.4. The maximum absolute atomic E-state index is 10.9. The molecule has 3 rings (SSSR count). The summed E-state index contributed by atoms with van der Waals surface area (Å²) in [5.74, 6) is -0.0132. The third-order valence-electron chi connectivity index (χ3n) is 5.32. The highest BCUT2D eigenvalue weighted by atomic mass is 16.6. The molecule has 1 heterocycles. The van der Waals surface area contributed by atoms with Crippen molar-refractivity contribution in [3.63, 3.8) is 0 Å². The van der Waals surface area contributed by atoms with E-state index in [0.717, 1.165) is 17.5 Å². The summed E-state index contributed by atoms with van der Waals surface area (Å²) in [4.78, 5) is 20.9. The van der Waals surface area contributed by atoms with Gasteiger partial charge in [0.05, 0.1) is 21.5 Å². The molecule has 1 aliphatic rings. The average Bonchev–Trinajstić information content (AvgIpc) is 2.72. The zero-order valence-electron chi connectivity index (χ0n) is 15.3. The molecule has 9 nitrogen and oxygen atoms in total. The van der Waals surface area contributed by atoms with E-state index in [0.29, 0.717) is 12.1 Å². The summed E-state index contributed by atoms with van der Waals surface area (Å²) in [6.45, 7) is 2.01. The minimum absolute atomic E-state index is 0.0132. The Kier molecular flexibility index (Phi) is 5.65. The monoisotopic (exact) mass is 385 g/mol. The van der Waals surface area contributed by atoms with E-state index in [2.05, 4.69) is 10.5 Å². The van der Waals surface area contributed by atoms with Gasteiger partial charge in [0.2, 0.25) is 0 Å². The number of quaternary nitrogens is 1. The van der Waals surface area contributed by atoms with Gasteiger partial charge in [0.25, 0.3) is 11.4 Å². The predicted molar refractivity (Wildman–Crippen MR) is 101 cm³/mol. The summed E-state index contributed by atoms with van der Waals surface area (Å²) < 4.78 is 0. The van der Waals surface area contributed by atoms with Gasteiger partial charge in [-0.05, 0) is 30.7 Å². The summed E-state index contributed by atoms with van der Waals surface area (Å²) in [7, 11) is 0. The summed E-state index contributed by atoms with van der Waals surface area (Å²) in [6.07, 6.45) is 1.28. The lowest BCUT2D eigenvalue weighted by Gasteiger charge is -2.35. The molecule has 0 spiro atoms. The number of piperidine rings is 1. The molecule has 0 unspecified atom stereocenters. The molecule has 0 radical (unpaired) electrons. The highest BCUT2D eigenvalue weighted by Gasteiger charge is 2.39. The van der Waals surface area contributed by atoms with E-state index in [4.69, 9.17) is 0 Å². The summed E-state index contributed by atoms with van der Waals surface area (Å²) in [5.41, 5.74) is 2.51. The van der Waals surface area contributed by atoms with Crippen LogP contribution in [0, 0.1) is 26.1 Å². The van der Waals surface area contributed by atoms with Gasteiger partial charge in [-0.1, -0.05) is 12.1 Å². The van der Waals surface area contributed by atoms with Crippen molar-refractivity contribution in [2.24, 2.45) is 11.1 Å². The van der Waals surface area contributed by atoms with Crippen LogP contribution >= 0.6 is 0 Å². The predicted octanol–water partition coefficient (Wildman–Crippen LogP) is 3.11. The maximum atomic E-state index is 10.9. The van der Waals surface area contributed by atoms with Crippen LogP contribution in [-0.4, -0.2) is 20.8 Å². The second kappa shape index (κ2) is 8.13. The lowest BCUT2D eigenvalue weighted by atomic mass is 9.79. The van der Waals surface area contributed by atoms with Crippen molar-refractivity contribution in [1.29, 1.82) is 0 Å². The van der Waals surface area contributed by atoms with Gasteiger partial charge < -0.3 is 10.5 Å². The van der Waals surface area contributed by atoms with E-state index >= 15 is 0 Å². The van der Waals surface area contributed by atoms with Crippen molar-refractivity contribution in [1.82, 2.24) is 0 Å². The Bertz CT molecular complexity index is 896. The van der Waals surface area contributed by atoms with Crippen LogP contribution in [0.1, 0.15) is 43.0 Å². The van der Waals surface area contributed by atoms with Crippen LogP contribution in [0.5, 0.6) is 0 Å². The smallest absolute Gasteiger partial charge is 0.269 e. The molecule has 1 aliphatic heterocycles. The molecule has 0 saturated carbocycles. The molecule has 0 aromatic heterocycles. The Balaban J connectivity index is 1.93. The topological polar surface area (TPSA) is 135 Å². The third-order valence-corrected chi connectivity index (χ3v) is 5.32. The van der Waals surface area contributed by atoms with Crippen LogP contribution in [0.3, 0.4) is 0 Å². The molecule has 3 N–H and O–H groups in total. The first-order valence-corrected chi connectivity index (χ1v) is 8.99. The minimum atomic E-state index is -0.443. The number of non-ortho nitro benzene ring substituents is 2. The Morgan fingerprint density at radius 2 is 1.50 bits per heavy atom. The fourth-order valence-electron chi connectivity index (χ4n) is 3.87. The molecule has 3 atom stereocenters. The number of nitrogens with two attached hydrogens (primary N) is 1. The number of rotatable bonds is 5. The second-order valence-corrected chi connectivity index (χ2v) is 6.83. The molecule has 2 aromatic carbocycles. The normalized spacial score (nSPS) is 23.5. The number of oxime groups is 1. The summed E-state index contributed by atoms with van der Waals surface area (Å²) in [5, 5.41) is 37.0. The highest BCUT2D eigenvalue weighted by Crippen LogP contribution is 2.32. The molecule has 0 bridgehead atoms. The quantitative estimate of drug-likeness (QED) is 0.463. The zero-order valence-corrected chi connectivity index (χ0v) is 15.3. The Morgan fingerprint density at radius 3 is 1.93 bits per heavy atom. The van der Waals surface area contributed by atoms with E-state index in [1.165, 1.54) is 24.3 Å². The Hall–Kier alpha value is -3.33. The van der Waals surface area contributed by atoms with Gasteiger partial charge in [0, 0.05) is 41.8 Å². The lowest BCUT2D eigenvalue weighted by molar-refractivity contribution is -0.742. The number of nitro groups is 2. The number of nitro benzene ring substituents is 2. The minimum Gasteiger partial charge on any atom is -0.411 e. The van der Waals surface area contributed by atoms with Crippen molar-refractivity contribution in [3.05, 3.63) is 79.9 Å². The van der Waals surface area contributed by atoms with Gasteiger partial charge in [0.1, 0.15) is 12.1 Å². The Morgan fingerprint density at radius 1 is 1.00 bits per heavy atom. The number of benzene rings is 2. The van der Waals surface area contributed by atoms with Crippen LogP contribution in [0.25, 0.3) is 0 Å². The molecule has 146 valence electrons. The van der Waals surface area contributed by atoms with Gasteiger partial charge in [-0.2, -0.15) is 0 Å². The first-order valence-electron chi connectivity index (χ1n) is 8.99. The van der Waals surface area contributed by atoms with Crippen molar-refractivity contribution in [2.75, 3.05) is 0 Å². The number of hydrogen-bond donors (Lipinski definition) is 2. The molecular weight excluding hydrogens is 364 g/mol. The zero-order chi connectivity index (χ0) is 20.3. The van der Waals surface area contributed by atoms with Crippen molar-refractivity contribution < 1.29 is 20.4 Å². The largest absolute Gasteiger partial charge is 0.411 e. The van der Waals surface area contributed by atoms with Crippen LogP contribution in [0.4, 0.5) is 11.4 Å². The molecule has 0 amide bonds. The van der Waals surface area contributed by atoms with Crippen LogP contribution < -0.4 is 5.32 Å². The van der Waals surface area contributed by atoms with E-state index in [1.54, 1.807) is 24.3 Å². The fraction of sp³-hybridized carbons (Fsp3) is 0.316. The molecular formula is C19H21N4O5+. The van der Waals surface area contributed by atoms with Gasteiger partial charge in [0.15, 0.2) is 0 Å². The van der Waals surface area contributed by atoms with Gasteiger partial charge in [-0.25, -0.2) is 0 Å². The summed E-state index contributed by atoms with van der Waals surface area (Å²) in [6, 6.07) is 12.6. The Labute approximate surface area is 161 Å². The van der Waals surface area contributed by atoms with Crippen LogP contribution in [-0.2, 0) is 0 Å². The number of hydrogen-bond acceptors (Lipinski definition) is 6. The molecule has 9 heteroatoms. The van der Waals surface area contributed by atoms with E-state index in [9.17, 15) is 25.4 Å². The van der Waals surface area contributed by atoms with Crippen molar-refractivity contribution in [2.45, 2.75) is 31.8 Å². The van der Waals surface area contributed by atoms with Gasteiger partial charge in [-0.15, -0.1) is 0 Å². The van der Waals surface area contributed by atoms with Crippen LogP contribution in [0.2, 0.25) is 0 Å². The second-order valence-electron chi connectivity index (χ2n) is 6.83. The van der Waals surface area contributed by atoms with Gasteiger partial charge >= 0.3 is 0 Å². The molecule has 0 aliphatic carbocycles. The third kappa shape index (κ3) is 3.84. The molecule has 2 aromatic rings. The lowest BCUT2D eigenvalue weighted by Crippen LogP contribution is -2.90. The average molecular weight is 385 g/mol. The fourth-order valence-corrected chi connectivity index (χ4v) is 3.87. The van der Waals surface area contributed by atoms with Crippen molar-refractivity contribution >= 4 is 17.1 Å². The van der Waals surface area contributed by atoms with E-state index < -0.39 is 9.85 Å².